The summed E-state index contributed by atoms with van der Waals surface area (Å²) < 4.78 is 0. The molecule has 1 aliphatic heterocycles. The average molecular weight is 229 g/mol. The van der Waals surface area contributed by atoms with E-state index in [2.05, 4.69) is 10.2 Å². The van der Waals surface area contributed by atoms with Crippen LogP contribution in [0.5, 0.6) is 0 Å². The third-order valence-corrected chi connectivity index (χ3v) is 2.88. The van der Waals surface area contributed by atoms with Gasteiger partial charge in [0.15, 0.2) is 0 Å². The highest BCUT2D eigenvalue weighted by atomic mass is 16.4. The molecule has 2 amide bonds. The van der Waals surface area contributed by atoms with E-state index in [-0.39, 0.29) is 12.1 Å². The maximum Gasteiger partial charge on any atom is 0.405 e. The lowest BCUT2D eigenvalue weighted by Gasteiger charge is -2.38. The normalized spacial score (nSPS) is 19.2. The number of nitrogens with one attached hydrogen (secondary N) is 1. The Kier molecular flexibility index (Phi) is 4.54. The Labute approximate surface area is 95.2 Å². The van der Waals surface area contributed by atoms with Gasteiger partial charge < -0.3 is 15.3 Å². The molecule has 0 saturated carbocycles. The number of amides is 2. The first kappa shape index (κ1) is 12.8. The van der Waals surface area contributed by atoms with Crippen molar-refractivity contribution in [2.45, 2.75) is 26.4 Å². The maximum atomic E-state index is 11.1. The fourth-order valence-electron chi connectivity index (χ4n) is 1.94. The number of piperazine rings is 1. The third kappa shape index (κ3) is 3.37. The Balaban J connectivity index is 2.44. The van der Waals surface area contributed by atoms with E-state index in [1.165, 1.54) is 0 Å². The second-order valence-electron chi connectivity index (χ2n) is 3.92. The van der Waals surface area contributed by atoms with Crippen LogP contribution in [0.15, 0.2) is 0 Å². The van der Waals surface area contributed by atoms with E-state index in [1.807, 2.05) is 6.92 Å². The molecule has 16 heavy (non-hydrogen) atoms. The molecule has 6 nitrogen and oxygen atoms in total. The van der Waals surface area contributed by atoms with E-state index < -0.39 is 6.09 Å². The van der Waals surface area contributed by atoms with Crippen LogP contribution in [0.1, 0.15) is 20.3 Å². The van der Waals surface area contributed by atoms with Crippen molar-refractivity contribution in [3.8, 4) is 0 Å². The zero-order valence-electron chi connectivity index (χ0n) is 9.77. The van der Waals surface area contributed by atoms with Crippen molar-refractivity contribution in [1.82, 2.24) is 15.1 Å². The average Bonchev–Trinajstić information content (AvgIpc) is 2.25. The highest BCUT2D eigenvalue weighted by Crippen LogP contribution is 2.07. The standard InChI is InChI=1S/C10H19N3O3/c1-3-9(11-10(15)16)13-6-4-12(5-7-13)8(2)14/h9,11H,3-7H2,1-2H3,(H,15,16). The van der Waals surface area contributed by atoms with Crippen molar-refractivity contribution in [2.24, 2.45) is 0 Å². The molecule has 0 aromatic heterocycles. The molecular weight excluding hydrogens is 210 g/mol. The number of carbonyl (C=O) groups excluding carboxylic acids is 1. The molecule has 1 atom stereocenters. The van der Waals surface area contributed by atoms with Crippen molar-refractivity contribution in [3.05, 3.63) is 0 Å². The summed E-state index contributed by atoms with van der Waals surface area (Å²) in [6, 6.07) is 0. The Bertz CT molecular complexity index is 262. The molecule has 2 N–H and O–H groups in total. The molecule has 0 aromatic rings. The fraction of sp³-hybridized carbons (Fsp3) is 0.800. The van der Waals surface area contributed by atoms with Crippen LogP contribution in [-0.4, -0.2) is 59.3 Å². The van der Waals surface area contributed by atoms with Gasteiger partial charge >= 0.3 is 6.09 Å². The second-order valence-corrected chi connectivity index (χ2v) is 3.92. The number of rotatable bonds is 3. The van der Waals surface area contributed by atoms with Gasteiger partial charge in [0, 0.05) is 33.1 Å². The summed E-state index contributed by atoms with van der Waals surface area (Å²) in [6.07, 6.45) is -0.417. The second kappa shape index (κ2) is 5.69. The van der Waals surface area contributed by atoms with Gasteiger partial charge in [-0.1, -0.05) is 6.92 Å². The number of hydrogen-bond acceptors (Lipinski definition) is 3. The predicted octanol–water partition coefficient (Wildman–Crippen LogP) is 0.154. The summed E-state index contributed by atoms with van der Waals surface area (Å²) in [6.45, 7) is 6.29. The minimum Gasteiger partial charge on any atom is -0.465 e. The fourth-order valence-corrected chi connectivity index (χ4v) is 1.94. The van der Waals surface area contributed by atoms with Crippen molar-refractivity contribution in [1.29, 1.82) is 0 Å². The molecule has 92 valence electrons. The van der Waals surface area contributed by atoms with Crippen molar-refractivity contribution < 1.29 is 14.7 Å². The lowest BCUT2D eigenvalue weighted by Crippen LogP contribution is -2.56. The molecular formula is C10H19N3O3. The first-order valence-electron chi connectivity index (χ1n) is 5.53. The van der Waals surface area contributed by atoms with Crippen LogP contribution in [0, 0.1) is 0 Å². The van der Waals surface area contributed by atoms with Gasteiger partial charge in [-0.05, 0) is 6.42 Å². The van der Waals surface area contributed by atoms with Gasteiger partial charge in [0.05, 0.1) is 6.17 Å². The Morgan fingerprint density at radius 3 is 2.25 bits per heavy atom. The van der Waals surface area contributed by atoms with E-state index in [0.29, 0.717) is 13.1 Å². The van der Waals surface area contributed by atoms with Gasteiger partial charge in [-0.15, -0.1) is 0 Å². The van der Waals surface area contributed by atoms with Crippen molar-refractivity contribution in [3.63, 3.8) is 0 Å². The van der Waals surface area contributed by atoms with Crippen molar-refractivity contribution >= 4 is 12.0 Å². The van der Waals surface area contributed by atoms with Crippen LogP contribution in [0.3, 0.4) is 0 Å². The molecule has 1 saturated heterocycles. The largest absolute Gasteiger partial charge is 0.465 e. The Hall–Kier alpha value is -1.30. The number of carbonyl (C=O) groups is 2. The maximum absolute atomic E-state index is 11.1. The van der Waals surface area contributed by atoms with Gasteiger partial charge in [0.25, 0.3) is 0 Å². The molecule has 1 unspecified atom stereocenters. The number of hydrogen-bond donors (Lipinski definition) is 2. The smallest absolute Gasteiger partial charge is 0.405 e. The Morgan fingerprint density at radius 1 is 1.31 bits per heavy atom. The van der Waals surface area contributed by atoms with E-state index in [4.69, 9.17) is 5.11 Å². The highest BCUT2D eigenvalue weighted by Gasteiger charge is 2.24. The summed E-state index contributed by atoms with van der Waals surface area (Å²) in [7, 11) is 0. The molecule has 0 spiro atoms. The van der Waals surface area contributed by atoms with E-state index >= 15 is 0 Å². The van der Waals surface area contributed by atoms with E-state index in [1.54, 1.807) is 11.8 Å². The summed E-state index contributed by atoms with van der Waals surface area (Å²) in [4.78, 5) is 25.5. The van der Waals surface area contributed by atoms with Crippen LogP contribution in [0.25, 0.3) is 0 Å². The summed E-state index contributed by atoms with van der Waals surface area (Å²) in [5, 5.41) is 11.2. The molecule has 1 aliphatic rings. The summed E-state index contributed by atoms with van der Waals surface area (Å²) in [5.41, 5.74) is 0. The number of nitrogens with zero attached hydrogens (tertiary/aromatic N) is 2. The van der Waals surface area contributed by atoms with Crippen LogP contribution in [-0.2, 0) is 4.79 Å². The number of carboxylic acid groups (broad SMARTS) is 1. The zero-order valence-corrected chi connectivity index (χ0v) is 9.77. The third-order valence-electron chi connectivity index (χ3n) is 2.88. The lowest BCUT2D eigenvalue weighted by atomic mass is 10.2. The zero-order chi connectivity index (χ0) is 12.1. The molecule has 0 aromatic carbocycles. The van der Waals surface area contributed by atoms with Gasteiger partial charge in [-0.2, -0.15) is 0 Å². The van der Waals surface area contributed by atoms with Gasteiger partial charge in [-0.25, -0.2) is 4.79 Å². The quantitative estimate of drug-likeness (QED) is 0.722. The molecule has 0 bridgehead atoms. The molecule has 6 heteroatoms. The SMILES string of the molecule is CCC(NC(=O)O)N1CCN(C(C)=O)CC1. The van der Waals surface area contributed by atoms with Crippen LogP contribution < -0.4 is 5.32 Å². The van der Waals surface area contributed by atoms with Crippen LogP contribution in [0.2, 0.25) is 0 Å². The monoisotopic (exact) mass is 229 g/mol. The van der Waals surface area contributed by atoms with E-state index in [0.717, 1.165) is 19.5 Å². The topological polar surface area (TPSA) is 72.9 Å². The Morgan fingerprint density at radius 2 is 1.88 bits per heavy atom. The van der Waals surface area contributed by atoms with Gasteiger partial charge in [-0.3, -0.25) is 9.69 Å². The van der Waals surface area contributed by atoms with Gasteiger partial charge in [0.2, 0.25) is 5.91 Å². The lowest BCUT2D eigenvalue weighted by molar-refractivity contribution is -0.131. The first-order valence-corrected chi connectivity index (χ1v) is 5.53. The molecule has 0 aliphatic carbocycles. The van der Waals surface area contributed by atoms with E-state index in [9.17, 15) is 9.59 Å². The molecule has 1 fully saturated rings. The predicted molar refractivity (Wildman–Crippen MR) is 59.1 cm³/mol. The summed E-state index contributed by atoms with van der Waals surface area (Å²) in [5.74, 6) is 0.0823. The van der Waals surface area contributed by atoms with Gasteiger partial charge in [0.1, 0.15) is 0 Å². The first-order chi connectivity index (χ1) is 7.54. The minimum atomic E-state index is -0.999. The minimum absolute atomic E-state index is 0.0823. The molecule has 1 rings (SSSR count). The van der Waals surface area contributed by atoms with Crippen LogP contribution >= 0.6 is 0 Å². The summed E-state index contributed by atoms with van der Waals surface area (Å²) >= 11 is 0. The highest BCUT2D eigenvalue weighted by molar-refractivity contribution is 5.73. The molecule has 1 heterocycles. The van der Waals surface area contributed by atoms with Crippen LogP contribution in [0.4, 0.5) is 4.79 Å². The molecule has 0 radical (unpaired) electrons. The van der Waals surface area contributed by atoms with Crippen molar-refractivity contribution in [2.75, 3.05) is 26.2 Å².